The van der Waals surface area contributed by atoms with E-state index in [1.807, 2.05) is 0 Å². The molecule has 1 atom stereocenters. The van der Waals surface area contributed by atoms with E-state index < -0.39 is 6.10 Å². The van der Waals surface area contributed by atoms with E-state index in [0.717, 1.165) is 64.2 Å². The van der Waals surface area contributed by atoms with Crippen LogP contribution in [0, 0.1) is 0 Å². The van der Waals surface area contributed by atoms with Crippen molar-refractivity contribution in [1.82, 2.24) is 0 Å². The molecule has 0 N–H and O–H groups in total. The molecule has 0 unspecified atom stereocenters. The van der Waals surface area contributed by atoms with Crippen molar-refractivity contribution in [1.29, 1.82) is 0 Å². The summed E-state index contributed by atoms with van der Waals surface area (Å²) in [5.41, 5.74) is 0. The first kappa shape index (κ1) is 38.4. The summed E-state index contributed by atoms with van der Waals surface area (Å²) in [6.07, 6.45) is 25.5. The molecule has 0 amide bonds. The molecule has 6 heteroatoms. The average Bonchev–Trinajstić information content (AvgIpc) is 2.94. The number of hydrogen-bond acceptors (Lipinski definition) is 6. The van der Waals surface area contributed by atoms with E-state index in [9.17, 15) is 14.4 Å². The summed E-state index contributed by atoms with van der Waals surface area (Å²) in [7, 11) is 0. The molecular formula is C34H64O6. The van der Waals surface area contributed by atoms with E-state index in [-0.39, 0.29) is 31.1 Å². The summed E-state index contributed by atoms with van der Waals surface area (Å²) >= 11 is 0. The van der Waals surface area contributed by atoms with Crippen molar-refractivity contribution in [3.05, 3.63) is 0 Å². The Morgan fingerprint density at radius 2 is 0.675 bits per heavy atom. The highest BCUT2D eigenvalue weighted by molar-refractivity contribution is 5.71. The van der Waals surface area contributed by atoms with Gasteiger partial charge in [-0.2, -0.15) is 0 Å². The fraction of sp³-hybridized carbons (Fsp3) is 0.912. The minimum absolute atomic E-state index is 0.0666. The summed E-state index contributed by atoms with van der Waals surface area (Å²) in [5, 5.41) is 0. The Labute approximate surface area is 247 Å². The number of ether oxygens (including phenoxy) is 3. The number of carbonyl (C=O) groups excluding carboxylic acids is 3. The molecule has 0 aromatic rings. The predicted molar refractivity (Wildman–Crippen MR) is 164 cm³/mol. The third-order valence-corrected chi connectivity index (χ3v) is 7.36. The van der Waals surface area contributed by atoms with Crippen LogP contribution in [-0.4, -0.2) is 37.2 Å². The van der Waals surface area contributed by atoms with Crippen molar-refractivity contribution in [3.63, 3.8) is 0 Å². The first-order chi connectivity index (χ1) is 19.5. The molecule has 0 fully saturated rings. The molecule has 0 aliphatic heterocycles. The lowest BCUT2D eigenvalue weighted by Crippen LogP contribution is -2.30. The van der Waals surface area contributed by atoms with Gasteiger partial charge in [0.1, 0.15) is 13.2 Å². The van der Waals surface area contributed by atoms with E-state index in [1.165, 1.54) is 77.0 Å². The molecule has 0 heterocycles. The van der Waals surface area contributed by atoms with E-state index >= 15 is 0 Å². The molecule has 40 heavy (non-hydrogen) atoms. The van der Waals surface area contributed by atoms with Gasteiger partial charge in [0.15, 0.2) is 6.10 Å². The van der Waals surface area contributed by atoms with Crippen molar-refractivity contribution in [3.8, 4) is 0 Å². The van der Waals surface area contributed by atoms with Crippen LogP contribution in [-0.2, 0) is 28.6 Å². The first-order valence-corrected chi connectivity index (χ1v) is 17.0. The summed E-state index contributed by atoms with van der Waals surface area (Å²) in [6, 6.07) is 0. The maximum absolute atomic E-state index is 12.4. The van der Waals surface area contributed by atoms with Crippen LogP contribution in [0.3, 0.4) is 0 Å². The van der Waals surface area contributed by atoms with Gasteiger partial charge in [-0.05, 0) is 19.3 Å². The van der Waals surface area contributed by atoms with Gasteiger partial charge in [0.2, 0.25) is 0 Å². The lowest BCUT2D eigenvalue weighted by molar-refractivity contribution is -0.167. The molecular weight excluding hydrogens is 504 g/mol. The van der Waals surface area contributed by atoms with Gasteiger partial charge in [-0.25, -0.2) is 0 Å². The number of hydrogen-bond donors (Lipinski definition) is 0. The molecule has 0 aromatic carbocycles. The molecule has 236 valence electrons. The molecule has 0 aliphatic rings. The van der Waals surface area contributed by atoms with Gasteiger partial charge in [0.05, 0.1) is 0 Å². The fourth-order valence-electron chi connectivity index (χ4n) is 4.73. The summed E-state index contributed by atoms with van der Waals surface area (Å²) in [4.78, 5) is 36.9. The van der Waals surface area contributed by atoms with E-state index in [0.29, 0.717) is 19.3 Å². The molecule has 0 aliphatic carbocycles. The maximum Gasteiger partial charge on any atom is 0.306 e. The molecule has 0 rings (SSSR count). The zero-order valence-corrected chi connectivity index (χ0v) is 26.6. The second-order valence-electron chi connectivity index (χ2n) is 11.4. The first-order valence-electron chi connectivity index (χ1n) is 17.0. The highest BCUT2D eigenvalue weighted by atomic mass is 16.6. The fourth-order valence-corrected chi connectivity index (χ4v) is 4.73. The minimum atomic E-state index is -0.752. The van der Waals surface area contributed by atoms with Crippen molar-refractivity contribution < 1.29 is 28.6 Å². The van der Waals surface area contributed by atoms with E-state index in [4.69, 9.17) is 14.2 Å². The number of carbonyl (C=O) groups is 3. The zero-order chi connectivity index (χ0) is 29.5. The lowest BCUT2D eigenvalue weighted by Gasteiger charge is -2.18. The summed E-state index contributed by atoms with van der Waals surface area (Å²) < 4.78 is 16.4. The smallest absolute Gasteiger partial charge is 0.306 e. The minimum Gasteiger partial charge on any atom is -0.462 e. The molecule has 0 saturated carbocycles. The largest absolute Gasteiger partial charge is 0.462 e. The standard InChI is InChI=1S/C34H64O6/c1-4-7-10-13-15-16-17-19-22-24-27-33(36)39-30-31(40-34(37)28-25-20-12-9-6-3)29-38-32(35)26-23-21-18-14-11-8-5-2/h31H,4-30H2,1-3H3/t31-/m1/s1. The van der Waals surface area contributed by atoms with Crippen LogP contribution in [0.2, 0.25) is 0 Å². The van der Waals surface area contributed by atoms with Gasteiger partial charge in [-0.1, -0.05) is 143 Å². The number of rotatable bonds is 30. The highest BCUT2D eigenvalue weighted by Crippen LogP contribution is 2.13. The average molecular weight is 569 g/mol. The van der Waals surface area contributed by atoms with E-state index in [2.05, 4.69) is 20.8 Å². The normalized spacial score (nSPS) is 11.8. The van der Waals surface area contributed by atoms with Gasteiger partial charge in [0, 0.05) is 19.3 Å². The van der Waals surface area contributed by atoms with Crippen LogP contribution in [0.1, 0.15) is 181 Å². The number of unbranched alkanes of at least 4 members (excludes halogenated alkanes) is 19. The third kappa shape index (κ3) is 28.0. The van der Waals surface area contributed by atoms with Crippen molar-refractivity contribution in [2.24, 2.45) is 0 Å². The Morgan fingerprint density at radius 1 is 0.400 bits per heavy atom. The van der Waals surface area contributed by atoms with Crippen LogP contribution in [0.5, 0.6) is 0 Å². The summed E-state index contributed by atoms with van der Waals surface area (Å²) in [5.74, 6) is -0.893. The second kappa shape index (κ2) is 30.4. The third-order valence-electron chi connectivity index (χ3n) is 7.36. The topological polar surface area (TPSA) is 78.9 Å². The molecule has 6 nitrogen and oxygen atoms in total. The van der Waals surface area contributed by atoms with Gasteiger partial charge in [-0.15, -0.1) is 0 Å². The Balaban J connectivity index is 4.27. The molecule has 0 radical (unpaired) electrons. The number of esters is 3. The predicted octanol–water partition coefficient (Wildman–Crippen LogP) is 9.80. The van der Waals surface area contributed by atoms with Gasteiger partial charge < -0.3 is 14.2 Å². The van der Waals surface area contributed by atoms with Crippen LogP contribution in [0.25, 0.3) is 0 Å². The maximum atomic E-state index is 12.4. The van der Waals surface area contributed by atoms with Crippen LogP contribution < -0.4 is 0 Å². The summed E-state index contributed by atoms with van der Waals surface area (Å²) in [6.45, 7) is 6.46. The highest BCUT2D eigenvalue weighted by Gasteiger charge is 2.19. The SMILES string of the molecule is CCCCCCCCCCCCC(=O)OC[C@@H](COC(=O)CCCCCCCCC)OC(=O)CCCCCCC. The van der Waals surface area contributed by atoms with Crippen molar-refractivity contribution in [2.75, 3.05) is 13.2 Å². The van der Waals surface area contributed by atoms with Crippen LogP contribution in [0.4, 0.5) is 0 Å². The Kier molecular flexibility index (Phi) is 29.2. The molecule has 0 aromatic heterocycles. The molecule has 0 saturated heterocycles. The quantitative estimate of drug-likeness (QED) is 0.0487. The molecule has 0 bridgehead atoms. The lowest BCUT2D eigenvalue weighted by atomic mass is 10.1. The zero-order valence-electron chi connectivity index (χ0n) is 26.6. The second-order valence-corrected chi connectivity index (χ2v) is 11.4. The van der Waals surface area contributed by atoms with Crippen LogP contribution in [0.15, 0.2) is 0 Å². The van der Waals surface area contributed by atoms with Crippen molar-refractivity contribution in [2.45, 2.75) is 187 Å². The van der Waals surface area contributed by atoms with Gasteiger partial charge in [-0.3, -0.25) is 14.4 Å². The Hall–Kier alpha value is -1.59. The van der Waals surface area contributed by atoms with E-state index in [1.54, 1.807) is 0 Å². The Bertz CT molecular complexity index is 591. The van der Waals surface area contributed by atoms with Crippen molar-refractivity contribution >= 4 is 17.9 Å². The Morgan fingerprint density at radius 3 is 1.00 bits per heavy atom. The van der Waals surface area contributed by atoms with Gasteiger partial charge >= 0.3 is 17.9 Å². The molecule has 0 spiro atoms. The van der Waals surface area contributed by atoms with Crippen LogP contribution >= 0.6 is 0 Å². The monoisotopic (exact) mass is 568 g/mol. The van der Waals surface area contributed by atoms with Gasteiger partial charge in [0.25, 0.3) is 0 Å².